The fourth-order valence-corrected chi connectivity index (χ4v) is 2.51. The molecule has 5 heteroatoms. The first-order chi connectivity index (χ1) is 10.9. The zero-order valence-electron chi connectivity index (χ0n) is 12.2. The Hall–Kier alpha value is -2.69. The number of nitrogens with zero attached hydrogens (tertiary/aromatic N) is 1. The summed E-state index contributed by atoms with van der Waals surface area (Å²) in [5.41, 5.74) is 1.99. The largest absolute Gasteiger partial charge is 0.454 e. The van der Waals surface area contributed by atoms with Gasteiger partial charge in [0.2, 0.25) is 0 Å². The van der Waals surface area contributed by atoms with Crippen LogP contribution in [0.25, 0.3) is 22.0 Å². The van der Waals surface area contributed by atoms with Crippen LogP contribution in [-0.4, -0.2) is 16.9 Å². The molecule has 0 amide bonds. The highest BCUT2D eigenvalue weighted by Gasteiger charge is 2.39. The molecule has 0 aliphatic rings. The lowest BCUT2D eigenvalue weighted by molar-refractivity contribution is -0.0885. The van der Waals surface area contributed by atoms with Gasteiger partial charge in [0, 0.05) is 22.7 Å². The van der Waals surface area contributed by atoms with E-state index in [1.807, 2.05) is 31.2 Å². The molecule has 3 aromatic rings. The Morgan fingerprint density at radius 1 is 0.957 bits per heavy atom. The molecule has 2 nitrogen and oxygen atoms in total. The first kappa shape index (κ1) is 15.2. The highest BCUT2D eigenvalue weighted by molar-refractivity contribution is 6.01. The van der Waals surface area contributed by atoms with Crippen LogP contribution in [0.1, 0.15) is 15.9 Å². The van der Waals surface area contributed by atoms with Crippen molar-refractivity contribution in [3.63, 3.8) is 0 Å². The van der Waals surface area contributed by atoms with Gasteiger partial charge in [0.05, 0.1) is 5.69 Å². The number of alkyl halides is 3. The van der Waals surface area contributed by atoms with Gasteiger partial charge in [-0.2, -0.15) is 13.2 Å². The number of aryl methyl sites for hydroxylation is 1. The maximum Gasteiger partial charge on any atom is 0.454 e. The minimum absolute atomic E-state index is 0.377. The van der Waals surface area contributed by atoms with Crippen molar-refractivity contribution in [3.8, 4) is 11.3 Å². The van der Waals surface area contributed by atoms with Gasteiger partial charge in [0.25, 0.3) is 5.78 Å². The Labute approximate surface area is 130 Å². The Balaban J connectivity index is 2.07. The summed E-state index contributed by atoms with van der Waals surface area (Å²) in [7, 11) is 0. The molecule has 0 fully saturated rings. The lowest BCUT2D eigenvalue weighted by atomic mass is 10.00. The van der Waals surface area contributed by atoms with Crippen molar-refractivity contribution >= 4 is 16.6 Å². The summed E-state index contributed by atoms with van der Waals surface area (Å²) in [6.45, 7) is 1.95. The quantitative estimate of drug-likeness (QED) is 0.626. The van der Waals surface area contributed by atoms with E-state index < -0.39 is 12.0 Å². The summed E-state index contributed by atoms with van der Waals surface area (Å²) in [5.74, 6) is -1.84. The fourth-order valence-electron chi connectivity index (χ4n) is 2.51. The van der Waals surface area contributed by atoms with Crippen LogP contribution < -0.4 is 0 Å². The van der Waals surface area contributed by atoms with Crippen LogP contribution in [0.5, 0.6) is 0 Å². The van der Waals surface area contributed by atoms with E-state index in [1.54, 1.807) is 6.20 Å². The van der Waals surface area contributed by atoms with Crippen LogP contribution in [-0.2, 0) is 0 Å². The second-order valence-electron chi connectivity index (χ2n) is 5.24. The van der Waals surface area contributed by atoms with Crippen molar-refractivity contribution in [1.82, 2.24) is 4.98 Å². The first-order valence-electron chi connectivity index (χ1n) is 6.94. The van der Waals surface area contributed by atoms with Crippen LogP contribution in [0.15, 0.2) is 54.7 Å². The molecule has 0 saturated carbocycles. The highest BCUT2D eigenvalue weighted by Crippen LogP contribution is 2.29. The van der Waals surface area contributed by atoms with E-state index in [2.05, 4.69) is 4.98 Å². The molecule has 116 valence electrons. The molecular weight excluding hydrogens is 303 g/mol. The maximum absolute atomic E-state index is 12.4. The van der Waals surface area contributed by atoms with E-state index in [-0.39, 0.29) is 5.56 Å². The molecule has 0 bridgehead atoms. The van der Waals surface area contributed by atoms with Gasteiger partial charge < -0.3 is 0 Å². The number of ketones is 1. The number of carbonyl (C=O) groups excluding carboxylic acids is 1. The predicted molar refractivity (Wildman–Crippen MR) is 82.3 cm³/mol. The molecule has 1 aromatic heterocycles. The zero-order valence-corrected chi connectivity index (χ0v) is 12.2. The molecule has 23 heavy (non-hydrogen) atoms. The van der Waals surface area contributed by atoms with Crippen molar-refractivity contribution in [1.29, 1.82) is 0 Å². The number of hydrogen-bond donors (Lipinski definition) is 0. The number of rotatable bonds is 2. The summed E-state index contributed by atoms with van der Waals surface area (Å²) < 4.78 is 37.3. The number of fused-ring (bicyclic) bond motifs is 1. The van der Waals surface area contributed by atoms with Crippen molar-refractivity contribution in [2.24, 2.45) is 0 Å². The molecule has 0 saturated heterocycles. The highest BCUT2D eigenvalue weighted by atomic mass is 19.4. The Morgan fingerprint density at radius 3 is 2.17 bits per heavy atom. The number of pyridine rings is 1. The minimum atomic E-state index is -4.86. The van der Waals surface area contributed by atoms with Crippen LogP contribution >= 0.6 is 0 Å². The summed E-state index contributed by atoms with van der Waals surface area (Å²) in [5, 5.41) is 1.95. The maximum atomic E-state index is 12.4. The Kier molecular flexibility index (Phi) is 3.64. The topological polar surface area (TPSA) is 30.0 Å². The number of halogens is 3. The third kappa shape index (κ3) is 2.82. The van der Waals surface area contributed by atoms with Crippen molar-refractivity contribution in [2.45, 2.75) is 13.1 Å². The van der Waals surface area contributed by atoms with E-state index in [0.717, 1.165) is 16.3 Å². The monoisotopic (exact) mass is 315 g/mol. The number of hydrogen-bond acceptors (Lipinski definition) is 2. The summed E-state index contributed by atoms with van der Waals surface area (Å²) in [6, 6.07) is 13.0. The molecule has 1 heterocycles. The Bertz CT molecular complexity index is 883. The Morgan fingerprint density at radius 2 is 1.57 bits per heavy atom. The lowest BCUT2D eigenvalue weighted by Crippen LogP contribution is -2.22. The van der Waals surface area contributed by atoms with Gasteiger partial charge in [0.15, 0.2) is 0 Å². The van der Waals surface area contributed by atoms with Gasteiger partial charge >= 0.3 is 6.18 Å². The lowest BCUT2D eigenvalue weighted by Gasteiger charge is -2.09. The van der Waals surface area contributed by atoms with Crippen molar-refractivity contribution in [2.75, 3.05) is 0 Å². The number of benzene rings is 2. The normalized spacial score (nSPS) is 11.7. The van der Waals surface area contributed by atoms with Gasteiger partial charge in [0.1, 0.15) is 0 Å². The van der Waals surface area contributed by atoms with E-state index in [4.69, 9.17) is 0 Å². The van der Waals surface area contributed by atoms with Crippen LogP contribution in [0.3, 0.4) is 0 Å². The van der Waals surface area contributed by atoms with Gasteiger partial charge in [-0.15, -0.1) is 0 Å². The molecule has 3 rings (SSSR count). The second kappa shape index (κ2) is 5.50. The number of aromatic nitrogens is 1. The fraction of sp³-hybridized carbons (Fsp3) is 0.111. The van der Waals surface area contributed by atoms with Gasteiger partial charge in [-0.05, 0) is 17.9 Å². The molecule has 0 unspecified atom stereocenters. The van der Waals surface area contributed by atoms with E-state index in [9.17, 15) is 18.0 Å². The van der Waals surface area contributed by atoms with E-state index in [1.165, 1.54) is 24.3 Å². The smallest absolute Gasteiger partial charge is 0.284 e. The molecule has 0 spiro atoms. The van der Waals surface area contributed by atoms with E-state index >= 15 is 0 Å². The van der Waals surface area contributed by atoms with Gasteiger partial charge in [-0.1, -0.05) is 48.5 Å². The SMILES string of the molecule is Cc1cnc(-c2ccc(C(=O)C(F)(F)F)cc2)c2ccccc12. The van der Waals surface area contributed by atoms with Crippen molar-refractivity contribution < 1.29 is 18.0 Å². The third-order valence-corrected chi connectivity index (χ3v) is 3.67. The molecule has 2 aromatic carbocycles. The summed E-state index contributed by atoms with van der Waals surface area (Å²) in [4.78, 5) is 15.6. The van der Waals surface area contributed by atoms with Gasteiger partial charge in [-0.25, -0.2) is 0 Å². The standard InChI is InChI=1S/C18H12F3NO/c1-11-10-22-16(15-5-3-2-4-14(11)15)12-6-8-13(9-7-12)17(23)18(19,20)21/h2-10H,1H3. The predicted octanol–water partition coefficient (Wildman–Crippen LogP) is 4.96. The van der Waals surface area contributed by atoms with Crippen LogP contribution in [0.4, 0.5) is 13.2 Å². The second-order valence-corrected chi connectivity index (χ2v) is 5.24. The molecular formula is C18H12F3NO. The number of carbonyl (C=O) groups is 1. The zero-order chi connectivity index (χ0) is 16.6. The number of Topliss-reactive ketones (excluding diaryl/α,β-unsaturated/α-hetero) is 1. The molecule has 0 aliphatic carbocycles. The van der Waals surface area contributed by atoms with Crippen LogP contribution in [0.2, 0.25) is 0 Å². The first-order valence-corrected chi connectivity index (χ1v) is 6.94. The summed E-state index contributed by atoms with van der Waals surface area (Å²) >= 11 is 0. The average Bonchev–Trinajstić information content (AvgIpc) is 2.54. The molecule has 0 aliphatic heterocycles. The molecule has 0 N–H and O–H groups in total. The van der Waals surface area contributed by atoms with E-state index in [0.29, 0.717) is 11.3 Å². The van der Waals surface area contributed by atoms with Crippen LogP contribution in [0, 0.1) is 6.92 Å². The minimum Gasteiger partial charge on any atom is -0.284 e. The molecule has 0 atom stereocenters. The molecule has 0 radical (unpaired) electrons. The third-order valence-electron chi connectivity index (χ3n) is 3.67. The summed E-state index contributed by atoms with van der Waals surface area (Å²) in [6.07, 6.45) is -3.14. The van der Waals surface area contributed by atoms with Gasteiger partial charge in [-0.3, -0.25) is 9.78 Å². The van der Waals surface area contributed by atoms with Crippen molar-refractivity contribution in [3.05, 3.63) is 65.9 Å². The average molecular weight is 315 g/mol.